The van der Waals surface area contributed by atoms with Gasteiger partial charge in [-0.05, 0) is 15.9 Å². The largest absolute Gasteiger partial charge is 0.375 e. The lowest BCUT2D eigenvalue weighted by Gasteiger charge is -2.08. The van der Waals surface area contributed by atoms with Gasteiger partial charge in [-0.1, -0.05) is 6.08 Å². The normalized spacial score (nSPS) is 10.3. The summed E-state index contributed by atoms with van der Waals surface area (Å²) in [6.45, 7) is 4.38. The van der Waals surface area contributed by atoms with Crippen molar-refractivity contribution in [2.24, 2.45) is 0 Å². The Labute approximate surface area is 111 Å². The molecule has 2 aromatic rings. The van der Waals surface area contributed by atoms with E-state index in [9.17, 15) is 4.79 Å². The van der Waals surface area contributed by atoms with Crippen LogP contribution in [0, 0.1) is 0 Å². The molecule has 7 nitrogen and oxygen atoms in total. The third-order valence-electron chi connectivity index (χ3n) is 2.20. The molecule has 0 amide bonds. The van der Waals surface area contributed by atoms with Crippen molar-refractivity contribution < 1.29 is 0 Å². The van der Waals surface area contributed by atoms with E-state index in [1.165, 1.54) is 11.0 Å². The Kier molecular flexibility index (Phi) is 3.88. The van der Waals surface area contributed by atoms with Gasteiger partial charge in [-0.3, -0.25) is 9.89 Å². The molecule has 0 saturated heterocycles. The molecule has 0 bridgehead atoms. The Bertz CT molecular complexity index is 591. The lowest BCUT2D eigenvalue weighted by Crippen LogP contribution is -2.24. The van der Waals surface area contributed by atoms with E-state index < -0.39 is 0 Å². The molecule has 0 aliphatic heterocycles. The summed E-state index contributed by atoms with van der Waals surface area (Å²) in [5, 5.41) is 13.5. The zero-order valence-corrected chi connectivity index (χ0v) is 11.0. The molecule has 8 heteroatoms. The van der Waals surface area contributed by atoms with Gasteiger partial charge < -0.3 is 5.32 Å². The van der Waals surface area contributed by atoms with Crippen LogP contribution in [0.5, 0.6) is 0 Å². The first kappa shape index (κ1) is 12.5. The summed E-state index contributed by atoms with van der Waals surface area (Å²) < 4.78 is 1.75. The first-order valence-corrected chi connectivity index (χ1v) is 5.96. The molecular weight excluding hydrogens is 300 g/mol. The highest BCUT2D eigenvalue weighted by Crippen LogP contribution is 2.16. The van der Waals surface area contributed by atoms with Gasteiger partial charge in [0.2, 0.25) is 0 Å². The molecule has 2 aromatic heterocycles. The van der Waals surface area contributed by atoms with E-state index in [1.54, 1.807) is 12.3 Å². The van der Waals surface area contributed by atoms with Crippen LogP contribution in [0.1, 0.15) is 5.82 Å². The minimum atomic E-state index is -0.211. The van der Waals surface area contributed by atoms with E-state index in [-0.39, 0.29) is 5.56 Å². The number of hydrogen-bond donors (Lipinski definition) is 2. The second-order valence-electron chi connectivity index (χ2n) is 3.43. The standard InChI is InChI=1S/C10H11BrN6O/c1-2-3-17-10(18)9(11)7(4-15-17)12-5-8-13-6-14-16-8/h2,4,6,12H,1,3,5H2,(H,13,14,16). The van der Waals surface area contributed by atoms with Crippen molar-refractivity contribution >= 4 is 21.6 Å². The Morgan fingerprint density at radius 3 is 3.11 bits per heavy atom. The topological polar surface area (TPSA) is 88.5 Å². The van der Waals surface area contributed by atoms with Gasteiger partial charge in [-0.2, -0.15) is 10.2 Å². The molecule has 0 saturated carbocycles. The monoisotopic (exact) mass is 310 g/mol. The fourth-order valence-corrected chi connectivity index (χ4v) is 1.78. The van der Waals surface area contributed by atoms with Gasteiger partial charge in [0.1, 0.15) is 16.6 Å². The number of anilines is 1. The van der Waals surface area contributed by atoms with Crippen LogP contribution in [0.2, 0.25) is 0 Å². The summed E-state index contributed by atoms with van der Waals surface area (Å²) in [7, 11) is 0. The molecule has 0 aliphatic rings. The van der Waals surface area contributed by atoms with Gasteiger partial charge in [0, 0.05) is 0 Å². The van der Waals surface area contributed by atoms with Gasteiger partial charge in [0.25, 0.3) is 5.56 Å². The third-order valence-corrected chi connectivity index (χ3v) is 2.96. The number of rotatable bonds is 5. The number of hydrogen-bond acceptors (Lipinski definition) is 5. The van der Waals surface area contributed by atoms with Gasteiger partial charge in [0.15, 0.2) is 0 Å². The summed E-state index contributed by atoms with van der Waals surface area (Å²) >= 11 is 3.25. The van der Waals surface area contributed by atoms with Crippen molar-refractivity contribution in [1.29, 1.82) is 0 Å². The first-order chi connectivity index (χ1) is 8.72. The Hall–Kier alpha value is -1.96. The third kappa shape index (κ3) is 2.65. The van der Waals surface area contributed by atoms with Crippen molar-refractivity contribution in [3.05, 3.63) is 45.8 Å². The number of aromatic amines is 1. The second kappa shape index (κ2) is 5.58. The quantitative estimate of drug-likeness (QED) is 0.802. The zero-order chi connectivity index (χ0) is 13.0. The van der Waals surface area contributed by atoms with Crippen LogP contribution >= 0.6 is 15.9 Å². The van der Waals surface area contributed by atoms with E-state index in [4.69, 9.17) is 0 Å². The van der Waals surface area contributed by atoms with Crippen LogP contribution in [-0.2, 0) is 13.1 Å². The minimum absolute atomic E-state index is 0.211. The molecule has 0 aromatic carbocycles. The summed E-state index contributed by atoms with van der Waals surface area (Å²) in [4.78, 5) is 15.8. The Morgan fingerprint density at radius 1 is 1.61 bits per heavy atom. The molecule has 2 rings (SSSR count). The molecule has 0 unspecified atom stereocenters. The maximum absolute atomic E-state index is 11.9. The summed E-state index contributed by atoms with van der Waals surface area (Å²) in [6, 6.07) is 0. The summed E-state index contributed by atoms with van der Waals surface area (Å²) in [5.41, 5.74) is 0.397. The fourth-order valence-electron chi connectivity index (χ4n) is 1.34. The van der Waals surface area contributed by atoms with E-state index in [2.05, 4.69) is 48.1 Å². The number of halogens is 1. The molecule has 0 spiro atoms. The summed E-state index contributed by atoms with van der Waals surface area (Å²) in [6.07, 6.45) is 4.61. The van der Waals surface area contributed by atoms with Crippen LogP contribution in [0.3, 0.4) is 0 Å². The molecule has 0 fully saturated rings. The van der Waals surface area contributed by atoms with Crippen molar-refractivity contribution in [3.8, 4) is 0 Å². The number of allylic oxidation sites excluding steroid dienone is 1. The van der Waals surface area contributed by atoms with Crippen LogP contribution in [-0.4, -0.2) is 25.0 Å². The maximum Gasteiger partial charge on any atom is 0.283 e. The van der Waals surface area contributed by atoms with Crippen LogP contribution in [0.15, 0.2) is 34.4 Å². The van der Waals surface area contributed by atoms with E-state index in [0.717, 1.165) is 0 Å². The lowest BCUT2D eigenvalue weighted by atomic mass is 10.4. The molecular formula is C10H11BrN6O. The predicted molar refractivity (Wildman–Crippen MR) is 70.1 cm³/mol. The Morgan fingerprint density at radius 2 is 2.44 bits per heavy atom. The van der Waals surface area contributed by atoms with E-state index >= 15 is 0 Å². The maximum atomic E-state index is 11.9. The summed E-state index contributed by atoms with van der Waals surface area (Å²) in [5.74, 6) is 0.678. The average Bonchev–Trinajstić information content (AvgIpc) is 2.87. The molecule has 2 N–H and O–H groups in total. The van der Waals surface area contributed by atoms with Crippen LogP contribution < -0.4 is 10.9 Å². The number of aromatic nitrogens is 5. The smallest absolute Gasteiger partial charge is 0.283 e. The van der Waals surface area contributed by atoms with Gasteiger partial charge in [0.05, 0.1) is 25.0 Å². The van der Waals surface area contributed by atoms with Crippen molar-refractivity contribution in [2.45, 2.75) is 13.1 Å². The highest BCUT2D eigenvalue weighted by molar-refractivity contribution is 9.10. The lowest BCUT2D eigenvalue weighted by molar-refractivity contribution is 0.648. The minimum Gasteiger partial charge on any atom is -0.375 e. The van der Waals surface area contributed by atoms with Crippen molar-refractivity contribution in [3.63, 3.8) is 0 Å². The average molecular weight is 311 g/mol. The van der Waals surface area contributed by atoms with Crippen LogP contribution in [0.4, 0.5) is 5.69 Å². The van der Waals surface area contributed by atoms with Crippen molar-refractivity contribution in [1.82, 2.24) is 25.0 Å². The predicted octanol–water partition coefficient (Wildman–Crippen LogP) is 0.922. The van der Waals surface area contributed by atoms with Crippen molar-refractivity contribution in [2.75, 3.05) is 5.32 Å². The van der Waals surface area contributed by atoms with Gasteiger partial charge in [-0.15, -0.1) is 6.58 Å². The zero-order valence-electron chi connectivity index (χ0n) is 9.43. The highest BCUT2D eigenvalue weighted by Gasteiger charge is 2.08. The second-order valence-corrected chi connectivity index (χ2v) is 4.23. The number of nitrogens with zero attached hydrogens (tertiary/aromatic N) is 4. The molecule has 94 valence electrons. The molecule has 2 heterocycles. The SMILES string of the molecule is C=CCn1ncc(NCc2ncn[nH]2)c(Br)c1=O. The Balaban J connectivity index is 2.16. The number of nitrogens with one attached hydrogen (secondary N) is 2. The first-order valence-electron chi connectivity index (χ1n) is 5.17. The fraction of sp³-hybridized carbons (Fsp3) is 0.200. The van der Waals surface area contributed by atoms with E-state index in [1.807, 2.05) is 0 Å². The van der Waals surface area contributed by atoms with E-state index in [0.29, 0.717) is 29.1 Å². The van der Waals surface area contributed by atoms with Crippen LogP contribution in [0.25, 0.3) is 0 Å². The van der Waals surface area contributed by atoms with Gasteiger partial charge in [-0.25, -0.2) is 9.67 Å². The number of H-pyrrole nitrogens is 1. The highest BCUT2D eigenvalue weighted by atomic mass is 79.9. The molecule has 0 radical (unpaired) electrons. The van der Waals surface area contributed by atoms with Gasteiger partial charge >= 0.3 is 0 Å². The molecule has 18 heavy (non-hydrogen) atoms. The molecule has 0 aliphatic carbocycles. The molecule has 0 atom stereocenters.